The molecule has 1 aliphatic rings. The Hall–Kier alpha value is -2.81. The summed E-state index contributed by atoms with van der Waals surface area (Å²) in [4.78, 5) is 26.8. The van der Waals surface area contributed by atoms with Crippen LogP contribution in [0, 0.1) is 11.6 Å². The van der Waals surface area contributed by atoms with E-state index in [0.717, 1.165) is 24.0 Å². The van der Waals surface area contributed by atoms with Gasteiger partial charge in [0.05, 0.1) is 5.75 Å². The number of rotatable bonds is 6. The third kappa shape index (κ3) is 4.36. The number of carbonyl (C=O) groups is 2. The van der Waals surface area contributed by atoms with Gasteiger partial charge in [-0.05, 0) is 30.2 Å². The lowest BCUT2D eigenvalue weighted by Crippen LogP contribution is -2.45. The summed E-state index contributed by atoms with van der Waals surface area (Å²) >= 11 is 0. The molecule has 1 aliphatic heterocycles. The fourth-order valence-electron chi connectivity index (χ4n) is 3.08. The highest BCUT2D eigenvalue weighted by Crippen LogP contribution is 2.26. The van der Waals surface area contributed by atoms with Gasteiger partial charge in [-0.15, -0.1) is 0 Å². The number of hydrogen-bond acceptors (Lipinski definition) is 4. The highest BCUT2D eigenvalue weighted by molar-refractivity contribution is 7.90. The van der Waals surface area contributed by atoms with Crippen molar-refractivity contribution in [3.8, 4) is 0 Å². The zero-order chi connectivity index (χ0) is 20.5. The van der Waals surface area contributed by atoms with Crippen molar-refractivity contribution in [2.75, 3.05) is 17.3 Å². The number of nitrogens with zero attached hydrogens (tertiary/aromatic N) is 1. The van der Waals surface area contributed by atoms with Crippen LogP contribution in [0.1, 0.15) is 22.3 Å². The minimum atomic E-state index is -3.38. The number of halogens is 2. The van der Waals surface area contributed by atoms with Crippen LogP contribution in [0.25, 0.3) is 0 Å². The molecule has 0 aliphatic carbocycles. The summed E-state index contributed by atoms with van der Waals surface area (Å²) in [5.74, 6) is -3.54. The molecule has 0 bridgehead atoms. The number of benzene rings is 2. The largest absolute Gasteiger partial charge is 0.324 e. The number of carbonyl (C=O) groups excluding carboxylic acids is 2. The minimum absolute atomic E-state index is 0.0115. The van der Waals surface area contributed by atoms with Crippen molar-refractivity contribution in [3.63, 3.8) is 0 Å². The fraction of sp³-hybridized carbons (Fsp3) is 0.263. The predicted octanol–water partition coefficient (Wildman–Crippen LogP) is 2.36. The topological polar surface area (TPSA) is 83.6 Å². The van der Waals surface area contributed by atoms with E-state index in [-0.39, 0.29) is 30.3 Å². The molecule has 0 spiro atoms. The molecular formula is C19H18F2N2O4S. The first-order valence-corrected chi connectivity index (χ1v) is 10.5. The average molecular weight is 408 g/mol. The minimum Gasteiger partial charge on any atom is -0.324 e. The van der Waals surface area contributed by atoms with Crippen LogP contribution in [0.15, 0.2) is 42.5 Å². The van der Waals surface area contributed by atoms with Crippen LogP contribution < -0.4 is 5.32 Å². The van der Waals surface area contributed by atoms with Crippen molar-refractivity contribution in [2.45, 2.75) is 19.0 Å². The number of sulfone groups is 1. The lowest BCUT2D eigenvalue weighted by molar-refractivity contribution is -0.120. The zero-order valence-corrected chi connectivity index (χ0v) is 15.8. The van der Waals surface area contributed by atoms with Crippen LogP contribution in [-0.2, 0) is 21.2 Å². The first kappa shape index (κ1) is 19.9. The SMILES string of the molecule is CS(=O)(=O)CC[C@@H](C(=O)Nc1ccc(F)c(F)c1)N1Cc2ccccc2C1=O. The monoisotopic (exact) mass is 408 g/mol. The molecule has 2 aromatic rings. The van der Waals surface area contributed by atoms with Crippen LogP contribution in [0.4, 0.5) is 14.5 Å². The molecule has 2 aromatic carbocycles. The maximum atomic E-state index is 13.4. The molecule has 1 atom stereocenters. The zero-order valence-electron chi connectivity index (χ0n) is 15.0. The first-order chi connectivity index (χ1) is 13.2. The van der Waals surface area contributed by atoms with Gasteiger partial charge in [0, 0.05) is 30.1 Å². The van der Waals surface area contributed by atoms with E-state index in [1.165, 1.54) is 11.0 Å². The Kier molecular flexibility index (Phi) is 5.46. The summed E-state index contributed by atoms with van der Waals surface area (Å²) in [6, 6.07) is 8.66. The van der Waals surface area contributed by atoms with Gasteiger partial charge >= 0.3 is 0 Å². The standard InChI is InChI=1S/C19H18F2N2O4S/c1-28(26,27)9-8-17(18(24)22-13-6-7-15(20)16(21)10-13)23-11-12-4-2-3-5-14(12)19(23)25/h2-7,10,17H,8-9,11H2,1H3,(H,22,24)/t17-/m0/s1. The van der Waals surface area contributed by atoms with Gasteiger partial charge in [0.1, 0.15) is 15.9 Å². The molecule has 3 rings (SSSR count). The van der Waals surface area contributed by atoms with Crippen LogP contribution in [0.3, 0.4) is 0 Å². The van der Waals surface area contributed by atoms with E-state index in [4.69, 9.17) is 0 Å². The van der Waals surface area contributed by atoms with Gasteiger partial charge in [-0.2, -0.15) is 0 Å². The smallest absolute Gasteiger partial charge is 0.255 e. The molecule has 1 heterocycles. The Labute approximate surface area is 161 Å². The predicted molar refractivity (Wildman–Crippen MR) is 99.4 cm³/mol. The highest BCUT2D eigenvalue weighted by atomic mass is 32.2. The van der Waals surface area contributed by atoms with Crippen molar-refractivity contribution in [2.24, 2.45) is 0 Å². The summed E-state index contributed by atoms with van der Waals surface area (Å²) in [6.07, 6.45) is 0.923. The van der Waals surface area contributed by atoms with E-state index in [1.807, 2.05) is 0 Å². The van der Waals surface area contributed by atoms with Crippen LogP contribution in [0.5, 0.6) is 0 Å². The van der Waals surface area contributed by atoms with E-state index in [2.05, 4.69) is 5.32 Å². The second kappa shape index (κ2) is 7.67. The Bertz CT molecular complexity index is 1040. The summed E-state index contributed by atoms with van der Waals surface area (Å²) in [5, 5.41) is 2.44. The second-order valence-electron chi connectivity index (χ2n) is 6.64. The lowest BCUT2D eigenvalue weighted by Gasteiger charge is -2.26. The Morgan fingerprint density at radius 2 is 1.89 bits per heavy atom. The maximum Gasteiger partial charge on any atom is 0.255 e. The number of amides is 2. The average Bonchev–Trinajstić information content (AvgIpc) is 2.94. The van der Waals surface area contributed by atoms with Crippen LogP contribution in [-0.4, -0.2) is 43.2 Å². The molecule has 2 amide bonds. The van der Waals surface area contributed by atoms with Gasteiger partial charge in [-0.1, -0.05) is 18.2 Å². The third-order valence-electron chi connectivity index (χ3n) is 4.48. The molecule has 9 heteroatoms. The van der Waals surface area contributed by atoms with E-state index in [0.29, 0.717) is 5.56 Å². The molecule has 6 nitrogen and oxygen atoms in total. The van der Waals surface area contributed by atoms with Gasteiger partial charge < -0.3 is 10.2 Å². The van der Waals surface area contributed by atoms with Gasteiger partial charge in [-0.3, -0.25) is 9.59 Å². The summed E-state index contributed by atoms with van der Waals surface area (Å²) in [7, 11) is -3.38. The van der Waals surface area contributed by atoms with Crippen LogP contribution >= 0.6 is 0 Å². The number of nitrogens with one attached hydrogen (secondary N) is 1. The molecule has 0 saturated heterocycles. The molecule has 28 heavy (non-hydrogen) atoms. The fourth-order valence-corrected chi connectivity index (χ4v) is 3.73. The van der Waals surface area contributed by atoms with Crippen LogP contribution in [0.2, 0.25) is 0 Å². The quantitative estimate of drug-likeness (QED) is 0.796. The summed E-state index contributed by atoms with van der Waals surface area (Å²) in [5.41, 5.74) is 1.20. The molecule has 148 valence electrons. The molecular weight excluding hydrogens is 390 g/mol. The molecule has 0 saturated carbocycles. The highest BCUT2D eigenvalue weighted by Gasteiger charge is 2.36. The number of fused-ring (bicyclic) bond motifs is 1. The van der Waals surface area contributed by atoms with Gasteiger partial charge in [0.2, 0.25) is 5.91 Å². The van der Waals surface area contributed by atoms with E-state index in [1.54, 1.807) is 24.3 Å². The molecule has 0 unspecified atom stereocenters. The summed E-state index contributed by atoms with van der Waals surface area (Å²) < 4.78 is 49.7. The normalized spacial score (nSPS) is 14.7. The Morgan fingerprint density at radius 1 is 1.18 bits per heavy atom. The van der Waals surface area contributed by atoms with Crippen molar-refractivity contribution in [1.29, 1.82) is 0 Å². The Balaban J connectivity index is 1.85. The number of anilines is 1. The van der Waals surface area contributed by atoms with Crippen molar-refractivity contribution in [1.82, 2.24) is 4.90 Å². The van der Waals surface area contributed by atoms with E-state index < -0.39 is 33.4 Å². The first-order valence-electron chi connectivity index (χ1n) is 8.48. The van der Waals surface area contributed by atoms with Gasteiger partial charge in [-0.25, -0.2) is 17.2 Å². The molecule has 0 aromatic heterocycles. The second-order valence-corrected chi connectivity index (χ2v) is 8.90. The molecule has 0 radical (unpaired) electrons. The van der Waals surface area contributed by atoms with Gasteiger partial charge in [0.15, 0.2) is 11.6 Å². The maximum absolute atomic E-state index is 13.4. The summed E-state index contributed by atoms with van der Waals surface area (Å²) in [6.45, 7) is 0.161. The van der Waals surface area contributed by atoms with Crippen molar-refractivity contribution in [3.05, 3.63) is 65.2 Å². The lowest BCUT2D eigenvalue weighted by atomic mass is 10.1. The number of hydrogen-bond donors (Lipinski definition) is 1. The molecule has 1 N–H and O–H groups in total. The molecule has 0 fully saturated rings. The van der Waals surface area contributed by atoms with Crippen molar-refractivity contribution < 1.29 is 26.8 Å². The van der Waals surface area contributed by atoms with E-state index >= 15 is 0 Å². The van der Waals surface area contributed by atoms with Crippen molar-refractivity contribution >= 4 is 27.3 Å². The third-order valence-corrected chi connectivity index (χ3v) is 5.45. The van der Waals surface area contributed by atoms with Gasteiger partial charge in [0.25, 0.3) is 5.91 Å². The Morgan fingerprint density at radius 3 is 2.54 bits per heavy atom. The van der Waals surface area contributed by atoms with E-state index in [9.17, 15) is 26.8 Å².